The number of ether oxygens (including phenoxy) is 1. The Morgan fingerprint density at radius 1 is 0.964 bits per heavy atom. The van der Waals surface area contributed by atoms with Crippen LogP contribution in [0.1, 0.15) is 0 Å². The van der Waals surface area contributed by atoms with Crippen LogP contribution in [0.15, 0.2) is 59.3 Å². The third-order valence-corrected chi connectivity index (χ3v) is 5.74. The minimum atomic E-state index is -0.394. The van der Waals surface area contributed by atoms with E-state index in [2.05, 4.69) is 32.0 Å². The Hall–Kier alpha value is -3.32. The van der Waals surface area contributed by atoms with Gasteiger partial charge < -0.3 is 14.7 Å². The molecular formula is C21H14BrN3O3. The normalized spacial score (nSPS) is 11.5. The molecule has 0 spiro atoms. The van der Waals surface area contributed by atoms with Crippen LogP contribution < -0.4 is 4.74 Å². The van der Waals surface area contributed by atoms with Crippen LogP contribution in [0.5, 0.6) is 5.75 Å². The molecule has 28 heavy (non-hydrogen) atoms. The van der Waals surface area contributed by atoms with Crippen molar-refractivity contribution in [3.8, 4) is 16.9 Å². The van der Waals surface area contributed by atoms with Crippen LogP contribution in [-0.4, -0.2) is 22.0 Å². The molecule has 2 heterocycles. The van der Waals surface area contributed by atoms with Gasteiger partial charge in [-0.15, -0.1) is 0 Å². The van der Waals surface area contributed by atoms with Gasteiger partial charge in [0, 0.05) is 61.6 Å². The number of H-pyrrole nitrogens is 2. The number of nitrogens with zero attached hydrogens (tertiary/aromatic N) is 1. The van der Waals surface area contributed by atoms with E-state index in [0.29, 0.717) is 4.47 Å². The fourth-order valence-corrected chi connectivity index (χ4v) is 4.37. The monoisotopic (exact) mass is 435 g/mol. The van der Waals surface area contributed by atoms with Crippen molar-refractivity contribution in [3.63, 3.8) is 0 Å². The highest BCUT2D eigenvalue weighted by molar-refractivity contribution is 9.10. The number of aromatic amines is 2. The summed E-state index contributed by atoms with van der Waals surface area (Å²) in [6, 6.07) is 12.9. The lowest BCUT2D eigenvalue weighted by Gasteiger charge is -2.08. The number of aromatic nitrogens is 2. The van der Waals surface area contributed by atoms with Crippen molar-refractivity contribution in [2.24, 2.45) is 0 Å². The Labute approximate surface area is 167 Å². The molecule has 138 valence electrons. The maximum Gasteiger partial charge on any atom is 0.270 e. The molecule has 0 aliphatic heterocycles. The van der Waals surface area contributed by atoms with E-state index in [-0.39, 0.29) is 5.69 Å². The fraction of sp³-hybridized carbons (Fsp3) is 0.0476. The number of hydrogen-bond acceptors (Lipinski definition) is 3. The van der Waals surface area contributed by atoms with Crippen LogP contribution in [0.25, 0.3) is 43.7 Å². The molecule has 0 aliphatic rings. The van der Waals surface area contributed by atoms with Gasteiger partial charge in [-0.2, -0.15) is 0 Å². The van der Waals surface area contributed by atoms with Gasteiger partial charge in [0.25, 0.3) is 5.69 Å². The van der Waals surface area contributed by atoms with Gasteiger partial charge in [-0.05, 0) is 57.4 Å². The average molecular weight is 436 g/mol. The highest BCUT2D eigenvalue weighted by Gasteiger charge is 2.17. The van der Waals surface area contributed by atoms with E-state index in [4.69, 9.17) is 4.74 Å². The van der Waals surface area contributed by atoms with E-state index in [9.17, 15) is 10.1 Å². The number of non-ortho nitro benzene ring substituents is 1. The largest absolute Gasteiger partial charge is 0.497 e. The number of nitro benzene ring substituents is 1. The van der Waals surface area contributed by atoms with Gasteiger partial charge in [0.15, 0.2) is 0 Å². The summed E-state index contributed by atoms with van der Waals surface area (Å²) in [5, 5.41) is 15.4. The van der Waals surface area contributed by atoms with E-state index in [1.165, 1.54) is 12.1 Å². The van der Waals surface area contributed by atoms with Crippen molar-refractivity contribution in [1.82, 2.24) is 9.97 Å². The Kier molecular flexibility index (Phi) is 3.67. The van der Waals surface area contributed by atoms with Gasteiger partial charge >= 0.3 is 0 Å². The van der Waals surface area contributed by atoms with Crippen molar-refractivity contribution in [3.05, 3.63) is 69.4 Å². The number of methoxy groups -OCH3 is 1. The number of halogens is 1. The van der Waals surface area contributed by atoms with E-state index in [0.717, 1.165) is 49.5 Å². The van der Waals surface area contributed by atoms with E-state index < -0.39 is 4.92 Å². The van der Waals surface area contributed by atoms with Crippen LogP contribution in [0.4, 0.5) is 5.69 Å². The third-order valence-electron chi connectivity index (χ3n) is 5.08. The zero-order valence-corrected chi connectivity index (χ0v) is 16.3. The van der Waals surface area contributed by atoms with Crippen LogP contribution in [0, 0.1) is 10.1 Å². The van der Waals surface area contributed by atoms with Crippen LogP contribution in [0.3, 0.4) is 0 Å². The first-order valence-corrected chi connectivity index (χ1v) is 9.39. The maximum absolute atomic E-state index is 11.1. The van der Waals surface area contributed by atoms with E-state index in [1.807, 2.05) is 30.6 Å². The molecule has 2 N–H and O–H groups in total. The predicted octanol–water partition coefficient (Wildman–Crippen LogP) is 6.15. The zero-order chi connectivity index (χ0) is 19.4. The minimum absolute atomic E-state index is 0.0553. The smallest absolute Gasteiger partial charge is 0.270 e. The summed E-state index contributed by atoms with van der Waals surface area (Å²) in [6.45, 7) is 0. The molecule has 0 aliphatic carbocycles. The van der Waals surface area contributed by atoms with Crippen LogP contribution >= 0.6 is 15.9 Å². The molecule has 7 heteroatoms. The molecule has 0 radical (unpaired) electrons. The molecule has 3 aromatic carbocycles. The lowest BCUT2D eigenvalue weighted by molar-refractivity contribution is -0.384. The van der Waals surface area contributed by atoms with Gasteiger partial charge in [0.1, 0.15) is 5.75 Å². The van der Waals surface area contributed by atoms with E-state index >= 15 is 0 Å². The molecular weight excluding hydrogens is 422 g/mol. The Morgan fingerprint density at radius 2 is 1.79 bits per heavy atom. The Bertz CT molecular complexity index is 1400. The summed E-state index contributed by atoms with van der Waals surface area (Å²) in [6.07, 6.45) is 3.93. The lowest BCUT2D eigenvalue weighted by Crippen LogP contribution is -1.89. The maximum atomic E-state index is 11.1. The number of hydrogen-bond donors (Lipinski definition) is 2. The Balaban J connectivity index is 1.84. The van der Waals surface area contributed by atoms with E-state index in [1.54, 1.807) is 13.2 Å². The second-order valence-electron chi connectivity index (χ2n) is 6.59. The molecule has 0 saturated carbocycles. The first-order chi connectivity index (χ1) is 13.6. The molecule has 5 rings (SSSR count). The molecule has 0 amide bonds. The summed E-state index contributed by atoms with van der Waals surface area (Å²) in [5.41, 5.74) is 3.96. The van der Waals surface area contributed by atoms with Gasteiger partial charge in [-0.1, -0.05) is 0 Å². The van der Waals surface area contributed by atoms with Crippen molar-refractivity contribution < 1.29 is 9.66 Å². The molecule has 0 fully saturated rings. The molecule has 5 aromatic rings. The predicted molar refractivity (Wildman–Crippen MR) is 114 cm³/mol. The van der Waals surface area contributed by atoms with Crippen molar-refractivity contribution in [2.45, 2.75) is 0 Å². The number of benzene rings is 3. The Morgan fingerprint density at radius 3 is 2.54 bits per heavy atom. The second kappa shape index (κ2) is 6.10. The standard InChI is InChI=1S/C21H14BrN3O3/c1-28-12-3-5-19-15(7-12)21-17-10-23-9-16(17)14(8-20(21)24-19)13-4-2-11(25(26)27)6-18(13)22/h2-10,23-24H,1H3. The first-order valence-electron chi connectivity index (χ1n) is 8.60. The number of nitro groups is 1. The highest BCUT2D eigenvalue weighted by atomic mass is 79.9. The van der Waals surface area contributed by atoms with Crippen LogP contribution in [-0.2, 0) is 0 Å². The van der Waals surface area contributed by atoms with Gasteiger partial charge in [0.05, 0.1) is 12.0 Å². The van der Waals surface area contributed by atoms with Crippen molar-refractivity contribution >= 4 is 54.2 Å². The third kappa shape index (κ3) is 2.40. The van der Waals surface area contributed by atoms with Crippen molar-refractivity contribution in [2.75, 3.05) is 7.11 Å². The molecule has 0 saturated heterocycles. The van der Waals surface area contributed by atoms with Crippen molar-refractivity contribution in [1.29, 1.82) is 0 Å². The number of rotatable bonds is 3. The molecule has 0 bridgehead atoms. The fourth-order valence-electron chi connectivity index (χ4n) is 3.79. The topological polar surface area (TPSA) is 83.9 Å². The average Bonchev–Trinajstić information content (AvgIpc) is 3.30. The first kappa shape index (κ1) is 16.8. The summed E-state index contributed by atoms with van der Waals surface area (Å²) in [5.74, 6) is 0.805. The molecule has 0 unspecified atom stereocenters. The summed E-state index contributed by atoms with van der Waals surface area (Å²) >= 11 is 3.50. The quantitative estimate of drug-likeness (QED) is 0.263. The molecule has 0 atom stereocenters. The summed E-state index contributed by atoms with van der Waals surface area (Å²) in [4.78, 5) is 17.3. The molecule has 6 nitrogen and oxygen atoms in total. The second-order valence-corrected chi connectivity index (χ2v) is 7.44. The number of nitrogens with one attached hydrogen (secondary N) is 2. The van der Waals surface area contributed by atoms with Gasteiger partial charge in [0.2, 0.25) is 0 Å². The van der Waals surface area contributed by atoms with Gasteiger partial charge in [-0.25, -0.2) is 0 Å². The summed E-state index contributed by atoms with van der Waals surface area (Å²) in [7, 11) is 1.66. The zero-order valence-electron chi connectivity index (χ0n) is 14.7. The highest BCUT2D eigenvalue weighted by Crippen LogP contribution is 2.41. The summed E-state index contributed by atoms with van der Waals surface area (Å²) < 4.78 is 6.07. The van der Waals surface area contributed by atoms with Gasteiger partial charge in [-0.3, -0.25) is 10.1 Å². The minimum Gasteiger partial charge on any atom is -0.497 e. The lowest BCUT2D eigenvalue weighted by atomic mass is 9.97. The SMILES string of the molecule is COc1ccc2[nH]c3cc(-c4ccc([N+](=O)[O-])cc4Br)c4c[nH]cc4c3c2c1. The number of fused-ring (bicyclic) bond motifs is 5. The molecule has 2 aromatic heterocycles. The van der Waals surface area contributed by atoms with Crippen LogP contribution in [0.2, 0.25) is 0 Å².